The summed E-state index contributed by atoms with van der Waals surface area (Å²) in [5.74, 6) is 0.861. The second-order valence-electron chi connectivity index (χ2n) is 5.02. The average Bonchev–Trinajstić information content (AvgIpc) is 2.33. The van der Waals surface area contributed by atoms with Crippen LogP contribution in [0.2, 0.25) is 0 Å². The molecule has 0 bridgehead atoms. The first-order chi connectivity index (χ1) is 9.29. The lowest BCUT2D eigenvalue weighted by molar-refractivity contribution is 0.106. The molecule has 0 aliphatic heterocycles. The maximum Gasteiger partial charge on any atom is 0.148 e. The van der Waals surface area contributed by atoms with Gasteiger partial charge in [-0.25, -0.2) is 8.42 Å². The van der Waals surface area contributed by atoms with E-state index in [-0.39, 0.29) is 12.4 Å². The number of nitrogens with one attached hydrogen (secondary N) is 1. The van der Waals surface area contributed by atoms with Crippen LogP contribution in [0.5, 0.6) is 5.75 Å². The monoisotopic (exact) mass is 301 g/mol. The zero-order valence-corrected chi connectivity index (χ0v) is 13.0. The molecule has 0 aromatic heterocycles. The van der Waals surface area contributed by atoms with E-state index in [2.05, 4.69) is 5.32 Å². The molecular weight excluding hydrogens is 278 g/mol. The van der Waals surface area contributed by atoms with Crippen LogP contribution in [-0.4, -0.2) is 51.3 Å². The molecule has 0 aliphatic rings. The van der Waals surface area contributed by atoms with Gasteiger partial charge in [0.05, 0.1) is 5.75 Å². The molecule has 0 radical (unpaired) electrons. The van der Waals surface area contributed by atoms with Crippen LogP contribution in [0.25, 0.3) is 0 Å². The summed E-state index contributed by atoms with van der Waals surface area (Å²) >= 11 is 0. The molecule has 0 saturated carbocycles. The third-order valence-electron chi connectivity index (χ3n) is 2.86. The number of aliphatic hydroxyl groups is 1. The van der Waals surface area contributed by atoms with Gasteiger partial charge in [0.25, 0.3) is 0 Å². The molecule has 1 rings (SSSR count). The Kier molecular flexibility index (Phi) is 6.45. The SMILES string of the molecule is Cc1cccc(C)c1OCC(O)CNCCS(C)(=O)=O. The molecular formula is C14H23NO4S. The maximum absolute atomic E-state index is 10.9. The molecule has 0 spiro atoms. The van der Waals surface area contributed by atoms with Crippen molar-refractivity contribution in [1.82, 2.24) is 5.32 Å². The van der Waals surface area contributed by atoms with E-state index < -0.39 is 15.9 Å². The number of sulfone groups is 1. The van der Waals surface area contributed by atoms with Crippen LogP contribution < -0.4 is 10.1 Å². The van der Waals surface area contributed by atoms with Gasteiger partial charge >= 0.3 is 0 Å². The van der Waals surface area contributed by atoms with Gasteiger partial charge in [0, 0.05) is 19.3 Å². The molecule has 1 unspecified atom stereocenters. The van der Waals surface area contributed by atoms with E-state index in [1.807, 2.05) is 32.0 Å². The number of para-hydroxylation sites is 1. The Hall–Kier alpha value is -1.11. The highest BCUT2D eigenvalue weighted by Crippen LogP contribution is 2.22. The lowest BCUT2D eigenvalue weighted by Gasteiger charge is -2.16. The van der Waals surface area contributed by atoms with Gasteiger partial charge in [-0.1, -0.05) is 18.2 Å². The Morgan fingerprint density at radius 1 is 1.30 bits per heavy atom. The van der Waals surface area contributed by atoms with Gasteiger partial charge in [-0.2, -0.15) is 0 Å². The number of hydrogen-bond acceptors (Lipinski definition) is 5. The van der Waals surface area contributed by atoms with Crippen molar-refractivity contribution in [3.63, 3.8) is 0 Å². The molecule has 0 fully saturated rings. The fraction of sp³-hybridized carbons (Fsp3) is 0.571. The van der Waals surface area contributed by atoms with Gasteiger partial charge in [0.1, 0.15) is 28.3 Å². The summed E-state index contributed by atoms with van der Waals surface area (Å²) in [6, 6.07) is 5.87. The molecule has 0 heterocycles. The van der Waals surface area contributed by atoms with E-state index in [0.717, 1.165) is 16.9 Å². The van der Waals surface area contributed by atoms with E-state index in [4.69, 9.17) is 4.74 Å². The second kappa shape index (κ2) is 7.61. The molecule has 1 atom stereocenters. The molecule has 5 nitrogen and oxygen atoms in total. The predicted molar refractivity (Wildman–Crippen MR) is 80.0 cm³/mol. The van der Waals surface area contributed by atoms with Crippen molar-refractivity contribution in [2.75, 3.05) is 31.7 Å². The molecule has 20 heavy (non-hydrogen) atoms. The van der Waals surface area contributed by atoms with Crippen LogP contribution in [0.15, 0.2) is 18.2 Å². The molecule has 1 aromatic rings. The Labute approximate surface area is 120 Å². The summed E-state index contributed by atoms with van der Waals surface area (Å²) in [5, 5.41) is 12.7. The summed E-state index contributed by atoms with van der Waals surface area (Å²) in [7, 11) is -2.96. The molecule has 1 aromatic carbocycles. The summed E-state index contributed by atoms with van der Waals surface area (Å²) < 4.78 is 27.5. The third kappa shape index (κ3) is 6.36. The lowest BCUT2D eigenvalue weighted by atomic mass is 10.1. The van der Waals surface area contributed by atoms with Gasteiger partial charge < -0.3 is 15.2 Å². The second-order valence-corrected chi connectivity index (χ2v) is 7.28. The summed E-state index contributed by atoms with van der Waals surface area (Å²) in [5.41, 5.74) is 2.06. The van der Waals surface area contributed by atoms with Gasteiger partial charge in [-0.05, 0) is 25.0 Å². The third-order valence-corrected chi connectivity index (χ3v) is 3.80. The standard InChI is InChI=1S/C14H23NO4S/c1-11-5-4-6-12(2)14(11)19-10-13(16)9-15-7-8-20(3,17)18/h4-6,13,15-16H,7-10H2,1-3H3. The zero-order chi connectivity index (χ0) is 15.2. The normalized spacial score (nSPS) is 13.2. The number of hydrogen-bond donors (Lipinski definition) is 2. The number of benzene rings is 1. The van der Waals surface area contributed by atoms with Gasteiger partial charge in [-0.15, -0.1) is 0 Å². The van der Waals surface area contributed by atoms with Crippen LogP contribution >= 0.6 is 0 Å². The first kappa shape index (κ1) is 16.9. The zero-order valence-electron chi connectivity index (χ0n) is 12.2. The van der Waals surface area contributed by atoms with E-state index >= 15 is 0 Å². The van der Waals surface area contributed by atoms with Crippen LogP contribution in [0.1, 0.15) is 11.1 Å². The number of aryl methyl sites for hydroxylation is 2. The van der Waals surface area contributed by atoms with Crippen molar-refractivity contribution >= 4 is 9.84 Å². The number of aliphatic hydroxyl groups excluding tert-OH is 1. The number of rotatable bonds is 8. The van der Waals surface area contributed by atoms with Crippen molar-refractivity contribution in [3.8, 4) is 5.75 Å². The summed E-state index contributed by atoms with van der Waals surface area (Å²) in [6.07, 6.45) is 0.517. The minimum absolute atomic E-state index is 0.0669. The number of ether oxygens (including phenoxy) is 1. The highest BCUT2D eigenvalue weighted by Gasteiger charge is 2.09. The lowest BCUT2D eigenvalue weighted by Crippen LogP contribution is -2.34. The van der Waals surface area contributed by atoms with Gasteiger partial charge in [0.15, 0.2) is 0 Å². The molecule has 0 amide bonds. The van der Waals surface area contributed by atoms with Crippen LogP contribution in [0.4, 0.5) is 0 Å². The van der Waals surface area contributed by atoms with Crippen molar-refractivity contribution in [1.29, 1.82) is 0 Å². The van der Waals surface area contributed by atoms with E-state index in [0.29, 0.717) is 13.1 Å². The van der Waals surface area contributed by atoms with Crippen LogP contribution in [0.3, 0.4) is 0 Å². The van der Waals surface area contributed by atoms with Gasteiger partial charge in [-0.3, -0.25) is 0 Å². The minimum atomic E-state index is -2.96. The predicted octanol–water partition coefficient (Wildman–Crippen LogP) is 0.677. The van der Waals surface area contributed by atoms with E-state index in [1.54, 1.807) is 0 Å². The Balaban J connectivity index is 2.31. The Morgan fingerprint density at radius 3 is 2.45 bits per heavy atom. The summed E-state index contributed by atoms with van der Waals surface area (Å²) in [4.78, 5) is 0. The average molecular weight is 301 g/mol. The maximum atomic E-state index is 10.9. The Morgan fingerprint density at radius 2 is 1.90 bits per heavy atom. The van der Waals surface area contributed by atoms with Crippen molar-refractivity contribution < 1.29 is 18.3 Å². The molecule has 0 aliphatic carbocycles. The van der Waals surface area contributed by atoms with Crippen LogP contribution in [0, 0.1) is 13.8 Å². The fourth-order valence-electron chi connectivity index (χ4n) is 1.79. The van der Waals surface area contributed by atoms with Crippen molar-refractivity contribution in [2.24, 2.45) is 0 Å². The Bertz CT molecular complexity index is 508. The molecule has 0 saturated heterocycles. The first-order valence-corrected chi connectivity index (χ1v) is 8.61. The van der Waals surface area contributed by atoms with Gasteiger partial charge in [0.2, 0.25) is 0 Å². The quantitative estimate of drug-likeness (QED) is 0.691. The highest BCUT2D eigenvalue weighted by molar-refractivity contribution is 7.90. The highest BCUT2D eigenvalue weighted by atomic mass is 32.2. The molecule has 6 heteroatoms. The summed E-state index contributed by atoms with van der Waals surface area (Å²) in [6.45, 7) is 4.73. The topological polar surface area (TPSA) is 75.6 Å². The van der Waals surface area contributed by atoms with E-state index in [1.165, 1.54) is 6.26 Å². The molecule has 2 N–H and O–H groups in total. The minimum Gasteiger partial charge on any atom is -0.490 e. The van der Waals surface area contributed by atoms with Crippen molar-refractivity contribution in [3.05, 3.63) is 29.3 Å². The van der Waals surface area contributed by atoms with E-state index in [9.17, 15) is 13.5 Å². The smallest absolute Gasteiger partial charge is 0.148 e. The van der Waals surface area contributed by atoms with Crippen LogP contribution in [-0.2, 0) is 9.84 Å². The molecule has 114 valence electrons. The fourth-order valence-corrected chi connectivity index (χ4v) is 2.31. The largest absolute Gasteiger partial charge is 0.490 e. The van der Waals surface area contributed by atoms with Crippen molar-refractivity contribution in [2.45, 2.75) is 20.0 Å². The first-order valence-electron chi connectivity index (χ1n) is 6.55.